The van der Waals surface area contributed by atoms with E-state index in [9.17, 15) is 4.79 Å². The molecule has 2 fully saturated rings. The molecule has 0 aromatic heterocycles. The molecule has 0 heterocycles. The lowest BCUT2D eigenvalue weighted by Crippen LogP contribution is -2.06. The van der Waals surface area contributed by atoms with Crippen molar-refractivity contribution in [1.82, 2.24) is 0 Å². The first-order valence-corrected chi connectivity index (χ1v) is 8.05. The molecular formula is C16H19Cl3O2. The van der Waals surface area contributed by atoms with E-state index < -0.39 is 5.97 Å². The van der Waals surface area contributed by atoms with E-state index in [-0.39, 0.29) is 24.2 Å². The van der Waals surface area contributed by atoms with E-state index in [0.717, 1.165) is 34.0 Å². The molecule has 2 aliphatic carbocycles. The number of halogens is 3. The van der Waals surface area contributed by atoms with E-state index in [0.29, 0.717) is 12.3 Å². The summed E-state index contributed by atoms with van der Waals surface area (Å²) in [5, 5.41) is 10.5. The predicted molar refractivity (Wildman–Crippen MR) is 88.0 cm³/mol. The lowest BCUT2D eigenvalue weighted by Gasteiger charge is -2.24. The minimum Gasteiger partial charge on any atom is -0.481 e. The maximum absolute atomic E-state index is 11.0. The SMILES string of the molecule is Cl.O=C(O)C1CC1c1cc(Cl)c(C2CCCCC2)c(Cl)c1. The molecule has 2 saturated carbocycles. The van der Waals surface area contributed by atoms with Gasteiger partial charge in [0, 0.05) is 10.0 Å². The van der Waals surface area contributed by atoms with Crippen LogP contribution >= 0.6 is 35.6 Å². The molecule has 0 bridgehead atoms. The van der Waals surface area contributed by atoms with Crippen LogP contribution in [-0.4, -0.2) is 11.1 Å². The summed E-state index contributed by atoms with van der Waals surface area (Å²) in [7, 11) is 0. The van der Waals surface area contributed by atoms with Crippen molar-refractivity contribution in [3.63, 3.8) is 0 Å². The van der Waals surface area contributed by atoms with Crippen LogP contribution in [0.4, 0.5) is 0 Å². The molecule has 1 aromatic carbocycles. The van der Waals surface area contributed by atoms with Gasteiger partial charge in [-0.3, -0.25) is 4.79 Å². The van der Waals surface area contributed by atoms with E-state index in [4.69, 9.17) is 28.3 Å². The maximum Gasteiger partial charge on any atom is 0.307 e. The van der Waals surface area contributed by atoms with E-state index in [1.165, 1.54) is 19.3 Å². The highest BCUT2D eigenvalue weighted by Gasteiger charge is 2.44. The second-order valence-electron chi connectivity index (χ2n) is 6.02. The molecule has 1 aromatic rings. The lowest BCUT2D eigenvalue weighted by molar-refractivity contribution is -0.138. The molecular weight excluding hydrogens is 331 g/mol. The van der Waals surface area contributed by atoms with Gasteiger partial charge in [-0.1, -0.05) is 42.5 Å². The average Bonchev–Trinajstić information content (AvgIpc) is 3.19. The standard InChI is InChI=1S/C16H18Cl2O2.ClH/c17-13-6-10(11-8-12(11)16(19)20)7-14(18)15(13)9-4-2-1-3-5-9;/h6-7,9,11-12H,1-5,8H2,(H,19,20);1H. The number of carboxylic acids is 1. The van der Waals surface area contributed by atoms with Crippen molar-refractivity contribution in [3.8, 4) is 0 Å². The van der Waals surface area contributed by atoms with Crippen molar-refractivity contribution in [2.24, 2.45) is 5.92 Å². The molecule has 0 saturated heterocycles. The smallest absolute Gasteiger partial charge is 0.307 e. The summed E-state index contributed by atoms with van der Waals surface area (Å²) in [5.41, 5.74) is 2.05. The third kappa shape index (κ3) is 3.49. The Hall–Kier alpha value is -0.440. The fraction of sp³-hybridized carbons (Fsp3) is 0.562. The number of hydrogen-bond acceptors (Lipinski definition) is 1. The molecule has 2 atom stereocenters. The van der Waals surface area contributed by atoms with Crippen LogP contribution in [0.5, 0.6) is 0 Å². The second-order valence-corrected chi connectivity index (χ2v) is 6.83. The Labute approximate surface area is 141 Å². The summed E-state index contributed by atoms with van der Waals surface area (Å²) in [6.45, 7) is 0. The van der Waals surface area contributed by atoms with Crippen LogP contribution < -0.4 is 0 Å². The zero-order valence-electron chi connectivity index (χ0n) is 11.6. The summed E-state index contributed by atoms with van der Waals surface area (Å²) in [4.78, 5) is 11.0. The number of aliphatic carboxylic acids is 1. The summed E-state index contributed by atoms with van der Waals surface area (Å²) in [6, 6.07) is 3.87. The molecule has 0 amide bonds. The Morgan fingerprint density at radius 2 is 1.67 bits per heavy atom. The van der Waals surface area contributed by atoms with Crippen molar-refractivity contribution < 1.29 is 9.90 Å². The molecule has 2 aliphatic rings. The van der Waals surface area contributed by atoms with Crippen molar-refractivity contribution in [2.45, 2.75) is 50.4 Å². The molecule has 3 rings (SSSR count). The zero-order chi connectivity index (χ0) is 14.3. The third-order valence-electron chi connectivity index (χ3n) is 4.65. The summed E-state index contributed by atoms with van der Waals surface area (Å²) >= 11 is 12.9. The van der Waals surface area contributed by atoms with Gasteiger partial charge in [0.15, 0.2) is 0 Å². The molecule has 2 unspecified atom stereocenters. The summed E-state index contributed by atoms with van der Waals surface area (Å²) in [5.74, 6) is -0.434. The van der Waals surface area contributed by atoms with Gasteiger partial charge in [-0.15, -0.1) is 12.4 Å². The highest BCUT2D eigenvalue weighted by Crippen LogP contribution is 2.50. The largest absolute Gasteiger partial charge is 0.481 e. The molecule has 0 spiro atoms. The zero-order valence-corrected chi connectivity index (χ0v) is 14.0. The minimum atomic E-state index is -0.724. The summed E-state index contributed by atoms with van der Waals surface area (Å²) < 4.78 is 0. The normalized spacial score (nSPS) is 25.2. The second kappa shape index (κ2) is 6.76. The number of benzene rings is 1. The van der Waals surface area contributed by atoms with Gasteiger partial charge in [0.1, 0.15) is 0 Å². The monoisotopic (exact) mass is 348 g/mol. The van der Waals surface area contributed by atoms with Gasteiger partial charge in [0.25, 0.3) is 0 Å². The minimum absolute atomic E-state index is 0. The molecule has 21 heavy (non-hydrogen) atoms. The van der Waals surface area contributed by atoms with E-state index >= 15 is 0 Å². The Balaban J connectivity index is 0.00000161. The topological polar surface area (TPSA) is 37.3 Å². The maximum atomic E-state index is 11.0. The van der Waals surface area contributed by atoms with Crippen LogP contribution in [0, 0.1) is 5.92 Å². The molecule has 0 radical (unpaired) electrons. The highest BCUT2D eigenvalue weighted by atomic mass is 35.5. The van der Waals surface area contributed by atoms with E-state index in [1.807, 2.05) is 12.1 Å². The Morgan fingerprint density at radius 3 is 2.14 bits per heavy atom. The summed E-state index contributed by atoms with van der Waals surface area (Å²) in [6.07, 6.45) is 6.78. The van der Waals surface area contributed by atoms with Gasteiger partial charge < -0.3 is 5.11 Å². The van der Waals surface area contributed by atoms with E-state index in [1.54, 1.807) is 0 Å². The first-order chi connectivity index (χ1) is 9.58. The van der Waals surface area contributed by atoms with Gasteiger partial charge in [0.2, 0.25) is 0 Å². The third-order valence-corrected chi connectivity index (χ3v) is 5.28. The van der Waals surface area contributed by atoms with Crippen LogP contribution in [0.2, 0.25) is 10.0 Å². The molecule has 0 aliphatic heterocycles. The molecule has 2 nitrogen and oxygen atoms in total. The van der Waals surface area contributed by atoms with Crippen LogP contribution in [-0.2, 0) is 4.79 Å². The van der Waals surface area contributed by atoms with Gasteiger partial charge in [-0.25, -0.2) is 0 Å². The van der Waals surface area contributed by atoms with Crippen molar-refractivity contribution in [3.05, 3.63) is 33.3 Å². The average molecular weight is 350 g/mol. The molecule has 1 N–H and O–H groups in total. The van der Waals surface area contributed by atoms with Crippen molar-refractivity contribution in [1.29, 1.82) is 0 Å². The van der Waals surface area contributed by atoms with Gasteiger partial charge >= 0.3 is 5.97 Å². The Kier molecular flexibility index (Phi) is 5.45. The Morgan fingerprint density at radius 1 is 1.10 bits per heavy atom. The fourth-order valence-electron chi connectivity index (χ4n) is 3.44. The predicted octanol–water partition coefficient (Wildman–Crippen LogP) is 5.65. The lowest BCUT2D eigenvalue weighted by atomic mass is 9.83. The van der Waals surface area contributed by atoms with Crippen LogP contribution in [0.1, 0.15) is 61.5 Å². The number of carboxylic acid groups (broad SMARTS) is 1. The first-order valence-electron chi connectivity index (χ1n) is 7.29. The highest BCUT2D eigenvalue weighted by molar-refractivity contribution is 6.36. The fourth-order valence-corrected chi connectivity index (χ4v) is 4.25. The van der Waals surface area contributed by atoms with Crippen LogP contribution in [0.15, 0.2) is 12.1 Å². The Bertz CT molecular complexity index is 515. The first kappa shape index (κ1) is 16.9. The van der Waals surface area contributed by atoms with Crippen molar-refractivity contribution in [2.75, 3.05) is 0 Å². The van der Waals surface area contributed by atoms with Crippen molar-refractivity contribution >= 4 is 41.6 Å². The number of rotatable bonds is 3. The molecule has 5 heteroatoms. The van der Waals surface area contributed by atoms with Gasteiger partial charge in [-0.05, 0) is 54.4 Å². The van der Waals surface area contributed by atoms with Gasteiger partial charge in [0.05, 0.1) is 5.92 Å². The number of carbonyl (C=O) groups is 1. The van der Waals surface area contributed by atoms with Crippen LogP contribution in [0.3, 0.4) is 0 Å². The number of hydrogen-bond donors (Lipinski definition) is 1. The van der Waals surface area contributed by atoms with E-state index in [2.05, 4.69) is 0 Å². The van der Waals surface area contributed by atoms with Crippen LogP contribution in [0.25, 0.3) is 0 Å². The molecule has 116 valence electrons. The van der Waals surface area contributed by atoms with Gasteiger partial charge in [-0.2, -0.15) is 0 Å². The quantitative estimate of drug-likeness (QED) is 0.765.